The number of nitrogens with zero attached hydrogens (tertiary/aromatic N) is 1. The number of hydrogen-bond donors (Lipinski definition) is 1. The highest BCUT2D eigenvalue weighted by Gasteiger charge is 2.47. The molecule has 0 saturated carbocycles. The summed E-state index contributed by atoms with van der Waals surface area (Å²) in [7, 11) is 0. The Morgan fingerprint density at radius 1 is 1.82 bits per heavy atom. The maximum absolute atomic E-state index is 10.3. The second-order valence-corrected chi connectivity index (χ2v) is 3.85. The molecule has 1 N–H and O–H groups in total. The van der Waals surface area contributed by atoms with Gasteiger partial charge in [0.1, 0.15) is 5.44 Å². The lowest BCUT2D eigenvalue weighted by molar-refractivity contribution is -0.139. The van der Waals surface area contributed by atoms with Crippen molar-refractivity contribution in [3.05, 3.63) is 0 Å². The molecule has 0 unspecified atom stereocenters. The Morgan fingerprint density at radius 3 is 3.36 bits per heavy atom. The Kier molecular flexibility index (Phi) is 1.78. The predicted molar refractivity (Wildman–Crippen MR) is 40.3 cm³/mol. The largest absolute Gasteiger partial charge is 0.480 e. The summed E-state index contributed by atoms with van der Waals surface area (Å²) in [6.07, 6.45) is 0. The Bertz CT molecular complexity index is 187. The van der Waals surface area contributed by atoms with Crippen molar-refractivity contribution >= 4 is 17.7 Å². The minimum atomic E-state index is -0.752. The van der Waals surface area contributed by atoms with Gasteiger partial charge < -0.3 is 9.84 Å². The molecule has 2 atom stereocenters. The van der Waals surface area contributed by atoms with Crippen LogP contribution in [0.1, 0.15) is 0 Å². The molecule has 0 radical (unpaired) electrons. The summed E-state index contributed by atoms with van der Waals surface area (Å²) in [6, 6.07) is 0. The average molecular weight is 175 g/mol. The standard InChI is InChI=1S/C6H9NO3S/c8-4(9)3-7-1-2-10-6-5(7)11-6/h5-6H,1-3H2,(H,8,9)/t5-,6+/m1/s1. The van der Waals surface area contributed by atoms with Crippen molar-refractivity contribution in [1.29, 1.82) is 0 Å². The van der Waals surface area contributed by atoms with Gasteiger partial charge in [-0.15, -0.1) is 11.8 Å². The Labute approximate surface area is 68.5 Å². The van der Waals surface area contributed by atoms with Gasteiger partial charge in [0.15, 0.2) is 0 Å². The molecule has 2 saturated heterocycles. The molecule has 0 aromatic carbocycles. The highest BCUT2D eigenvalue weighted by molar-refractivity contribution is 8.07. The van der Waals surface area contributed by atoms with E-state index < -0.39 is 5.97 Å². The monoisotopic (exact) mass is 175 g/mol. The highest BCUT2D eigenvalue weighted by atomic mass is 32.2. The zero-order valence-electron chi connectivity index (χ0n) is 5.90. The van der Waals surface area contributed by atoms with Crippen molar-refractivity contribution in [3.63, 3.8) is 0 Å². The van der Waals surface area contributed by atoms with Crippen molar-refractivity contribution in [2.75, 3.05) is 19.7 Å². The molecule has 0 spiro atoms. The third-order valence-corrected chi connectivity index (χ3v) is 2.96. The van der Waals surface area contributed by atoms with Gasteiger partial charge in [-0.25, -0.2) is 0 Å². The third-order valence-electron chi connectivity index (χ3n) is 1.79. The van der Waals surface area contributed by atoms with Crippen molar-refractivity contribution in [2.24, 2.45) is 0 Å². The number of ether oxygens (including phenoxy) is 1. The van der Waals surface area contributed by atoms with Crippen molar-refractivity contribution in [2.45, 2.75) is 10.8 Å². The maximum Gasteiger partial charge on any atom is 0.317 e. The van der Waals surface area contributed by atoms with E-state index in [-0.39, 0.29) is 12.0 Å². The molecular formula is C6H9NO3S. The van der Waals surface area contributed by atoms with Gasteiger partial charge in [0.05, 0.1) is 18.5 Å². The fourth-order valence-electron chi connectivity index (χ4n) is 1.23. The van der Waals surface area contributed by atoms with Crippen LogP contribution in [0, 0.1) is 0 Å². The first-order valence-electron chi connectivity index (χ1n) is 3.50. The second-order valence-electron chi connectivity index (χ2n) is 2.63. The first kappa shape index (κ1) is 7.39. The Morgan fingerprint density at radius 2 is 2.64 bits per heavy atom. The van der Waals surface area contributed by atoms with E-state index >= 15 is 0 Å². The average Bonchev–Trinajstić information content (AvgIpc) is 2.65. The van der Waals surface area contributed by atoms with E-state index in [9.17, 15) is 4.79 Å². The Balaban J connectivity index is 1.88. The van der Waals surface area contributed by atoms with Crippen LogP contribution in [-0.4, -0.2) is 46.5 Å². The van der Waals surface area contributed by atoms with Gasteiger partial charge >= 0.3 is 5.97 Å². The maximum atomic E-state index is 10.3. The SMILES string of the molecule is O=C(O)CN1CCO[C@H]2S[C@H]21. The summed E-state index contributed by atoms with van der Waals surface area (Å²) >= 11 is 1.69. The first-order chi connectivity index (χ1) is 5.27. The molecule has 2 fully saturated rings. The van der Waals surface area contributed by atoms with Gasteiger partial charge in [0, 0.05) is 6.54 Å². The molecule has 0 amide bonds. The number of carbonyl (C=O) groups is 1. The number of rotatable bonds is 2. The van der Waals surface area contributed by atoms with Crippen LogP contribution in [0.4, 0.5) is 0 Å². The molecule has 2 aliphatic rings. The van der Waals surface area contributed by atoms with Crippen LogP contribution in [0.2, 0.25) is 0 Å². The number of morpholine rings is 1. The van der Waals surface area contributed by atoms with Gasteiger partial charge in [0.2, 0.25) is 0 Å². The molecule has 2 rings (SSSR count). The zero-order chi connectivity index (χ0) is 7.84. The van der Waals surface area contributed by atoms with E-state index in [1.807, 2.05) is 4.90 Å². The van der Waals surface area contributed by atoms with Crippen molar-refractivity contribution in [3.8, 4) is 0 Å². The van der Waals surface area contributed by atoms with Crippen LogP contribution in [-0.2, 0) is 9.53 Å². The van der Waals surface area contributed by atoms with E-state index in [1.54, 1.807) is 11.8 Å². The van der Waals surface area contributed by atoms with Crippen molar-refractivity contribution in [1.82, 2.24) is 4.90 Å². The van der Waals surface area contributed by atoms with E-state index in [0.717, 1.165) is 6.54 Å². The number of thioether (sulfide) groups is 1. The lowest BCUT2D eigenvalue weighted by Gasteiger charge is -2.22. The lowest BCUT2D eigenvalue weighted by atomic mass is 10.4. The minimum Gasteiger partial charge on any atom is -0.480 e. The van der Waals surface area contributed by atoms with Gasteiger partial charge in [-0.2, -0.15) is 0 Å². The van der Waals surface area contributed by atoms with E-state index in [2.05, 4.69) is 0 Å². The molecule has 0 aliphatic carbocycles. The summed E-state index contributed by atoms with van der Waals surface area (Å²) in [5, 5.41) is 8.83. The predicted octanol–water partition coefficient (Wildman–Crippen LogP) is -0.198. The number of aliphatic carboxylic acids is 1. The summed E-state index contributed by atoms with van der Waals surface area (Å²) in [6.45, 7) is 1.57. The van der Waals surface area contributed by atoms with Gasteiger partial charge in [-0.05, 0) is 0 Å². The number of hydrogen-bond acceptors (Lipinski definition) is 4. The van der Waals surface area contributed by atoms with Gasteiger partial charge in [0.25, 0.3) is 0 Å². The van der Waals surface area contributed by atoms with Crippen LogP contribution in [0.25, 0.3) is 0 Å². The van der Waals surface area contributed by atoms with E-state index in [4.69, 9.17) is 9.84 Å². The summed E-state index contributed by atoms with van der Waals surface area (Å²) in [5.74, 6) is -0.752. The molecule has 62 valence electrons. The van der Waals surface area contributed by atoms with Gasteiger partial charge in [-0.3, -0.25) is 9.69 Å². The lowest BCUT2D eigenvalue weighted by Crippen LogP contribution is -2.39. The molecule has 0 bridgehead atoms. The van der Waals surface area contributed by atoms with E-state index in [0.29, 0.717) is 12.0 Å². The summed E-state index contributed by atoms with van der Waals surface area (Å²) in [5.41, 5.74) is 0.253. The van der Waals surface area contributed by atoms with Crippen LogP contribution in [0.3, 0.4) is 0 Å². The fourth-order valence-corrected chi connectivity index (χ4v) is 2.19. The zero-order valence-corrected chi connectivity index (χ0v) is 6.71. The highest BCUT2D eigenvalue weighted by Crippen LogP contribution is 2.46. The molecule has 0 aromatic rings. The summed E-state index contributed by atoms with van der Waals surface area (Å²) in [4.78, 5) is 12.3. The van der Waals surface area contributed by atoms with Crippen molar-refractivity contribution < 1.29 is 14.6 Å². The van der Waals surface area contributed by atoms with Crippen LogP contribution >= 0.6 is 11.8 Å². The Hall–Kier alpha value is -0.260. The molecule has 2 heterocycles. The molecule has 2 aliphatic heterocycles. The quantitative estimate of drug-likeness (QED) is 0.589. The van der Waals surface area contributed by atoms with Crippen LogP contribution in [0.5, 0.6) is 0 Å². The molecule has 4 nitrogen and oxygen atoms in total. The number of fused-ring (bicyclic) bond motifs is 1. The summed E-state index contributed by atoms with van der Waals surface area (Å²) < 4.78 is 5.29. The second kappa shape index (κ2) is 2.66. The topological polar surface area (TPSA) is 49.8 Å². The smallest absolute Gasteiger partial charge is 0.317 e. The number of carboxylic acid groups (broad SMARTS) is 1. The normalized spacial score (nSPS) is 36.4. The molecular weight excluding hydrogens is 166 g/mol. The van der Waals surface area contributed by atoms with Crippen LogP contribution in [0.15, 0.2) is 0 Å². The molecule has 5 heteroatoms. The van der Waals surface area contributed by atoms with E-state index in [1.165, 1.54) is 0 Å². The van der Waals surface area contributed by atoms with Gasteiger partial charge in [-0.1, -0.05) is 0 Å². The fraction of sp³-hybridized carbons (Fsp3) is 0.833. The first-order valence-corrected chi connectivity index (χ1v) is 4.44. The molecule has 11 heavy (non-hydrogen) atoms. The van der Waals surface area contributed by atoms with Crippen LogP contribution < -0.4 is 0 Å². The third kappa shape index (κ3) is 1.50. The minimum absolute atomic E-state index is 0.150. The number of carboxylic acids is 1. The molecule has 0 aromatic heterocycles.